The second kappa shape index (κ2) is 7.24. The summed E-state index contributed by atoms with van der Waals surface area (Å²) in [5, 5.41) is 2.93. The molecule has 0 radical (unpaired) electrons. The van der Waals surface area contributed by atoms with Crippen molar-refractivity contribution >= 4 is 15.9 Å². The van der Waals surface area contributed by atoms with Crippen LogP contribution in [0.1, 0.15) is 26.7 Å². The molecule has 1 aromatic carbocycles. The van der Waals surface area contributed by atoms with Crippen molar-refractivity contribution in [2.45, 2.75) is 31.6 Å². The quantitative estimate of drug-likeness (QED) is 0.899. The first-order chi connectivity index (χ1) is 10.4. The summed E-state index contributed by atoms with van der Waals surface area (Å²) in [4.78, 5) is 12.4. The second-order valence-electron chi connectivity index (χ2n) is 6.13. The number of nitrogens with zero attached hydrogens (tertiary/aromatic N) is 1. The smallest absolute Gasteiger partial charge is 0.243 e. The molecule has 0 unspecified atom stereocenters. The van der Waals surface area contributed by atoms with E-state index in [0.29, 0.717) is 43.3 Å². The van der Waals surface area contributed by atoms with Crippen LogP contribution in [-0.2, 0) is 14.8 Å². The van der Waals surface area contributed by atoms with Gasteiger partial charge in [0.25, 0.3) is 0 Å². The van der Waals surface area contributed by atoms with Gasteiger partial charge in [0.15, 0.2) is 0 Å². The van der Waals surface area contributed by atoms with Gasteiger partial charge in [-0.3, -0.25) is 4.79 Å². The highest BCUT2D eigenvalue weighted by molar-refractivity contribution is 7.89. The number of rotatable bonds is 5. The minimum absolute atomic E-state index is 0.0467. The highest BCUT2D eigenvalue weighted by atomic mass is 32.2. The normalized spacial score (nSPS) is 17.6. The third-order valence-corrected chi connectivity index (χ3v) is 5.80. The van der Waals surface area contributed by atoms with E-state index in [1.54, 1.807) is 30.3 Å². The summed E-state index contributed by atoms with van der Waals surface area (Å²) in [6, 6.07) is 8.45. The number of benzene rings is 1. The Morgan fingerprint density at radius 2 is 1.82 bits per heavy atom. The Hall–Kier alpha value is -1.40. The third kappa shape index (κ3) is 4.08. The summed E-state index contributed by atoms with van der Waals surface area (Å²) in [6.45, 7) is 5.57. The zero-order chi connectivity index (χ0) is 16.2. The van der Waals surface area contributed by atoms with Crippen LogP contribution in [-0.4, -0.2) is 38.3 Å². The fourth-order valence-electron chi connectivity index (χ4n) is 2.55. The predicted octanol–water partition coefficient (Wildman–Crippen LogP) is 1.86. The average Bonchev–Trinajstić information content (AvgIpc) is 2.53. The molecule has 2 rings (SSSR count). The van der Waals surface area contributed by atoms with Gasteiger partial charge in [-0.25, -0.2) is 8.42 Å². The van der Waals surface area contributed by atoms with Crippen molar-refractivity contribution in [2.24, 2.45) is 11.8 Å². The van der Waals surface area contributed by atoms with Crippen LogP contribution in [0.15, 0.2) is 35.2 Å². The van der Waals surface area contributed by atoms with E-state index in [4.69, 9.17) is 0 Å². The van der Waals surface area contributed by atoms with Gasteiger partial charge in [0.1, 0.15) is 0 Å². The Morgan fingerprint density at radius 1 is 1.23 bits per heavy atom. The maximum absolute atomic E-state index is 12.5. The minimum atomic E-state index is -3.44. The van der Waals surface area contributed by atoms with Crippen molar-refractivity contribution in [1.29, 1.82) is 0 Å². The summed E-state index contributed by atoms with van der Waals surface area (Å²) >= 11 is 0. The first-order valence-electron chi connectivity index (χ1n) is 7.74. The van der Waals surface area contributed by atoms with Crippen molar-refractivity contribution < 1.29 is 13.2 Å². The Kier molecular flexibility index (Phi) is 5.58. The molecule has 1 amide bonds. The molecule has 1 saturated heterocycles. The zero-order valence-electron chi connectivity index (χ0n) is 13.2. The van der Waals surface area contributed by atoms with Crippen LogP contribution >= 0.6 is 0 Å². The van der Waals surface area contributed by atoms with Crippen LogP contribution < -0.4 is 5.32 Å². The molecule has 1 heterocycles. The highest BCUT2D eigenvalue weighted by Gasteiger charge is 2.31. The van der Waals surface area contributed by atoms with E-state index in [2.05, 4.69) is 19.2 Å². The van der Waals surface area contributed by atoms with Gasteiger partial charge < -0.3 is 5.32 Å². The number of carbonyl (C=O) groups excluding carboxylic acids is 1. The van der Waals surface area contributed by atoms with Crippen LogP contribution in [0.5, 0.6) is 0 Å². The summed E-state index contributed by atoms with van der Waals surface area (Å²) in [7, 11) is -3.44. The van der Waals surface area contributed by atoms with Crippen LogP contribution in [0.4, 0.5) is 0 Å². The van der Waals surface area contributed by atoms with Crippen LogP contribution in [0.25, 0.3) is 0 Å². The lowest BCUT2D eigenvalue weighted by molar-refractivity contribution is -0.126. The topological polar surface area (TPSA) is 66.5 Å². The number of carbonyl (C=O) groups is 1. The van der Waals surface area contributed by atoms with Crippen molar-refractivity contribution in [3.05, 3.63) is 30.3 Å². The lowest BCUT2D eigenvalue weighted by Crippen LogP contribution is -2.43. The molecular formula is C16H24N2O3S. The number of hydrogen-bond donors (Lipinski definition) is 1. The molecule has 6 heteroatoms. The number of sulfonamides is 1. The molecule has 0 aromatic heterocycles. The van der Waals surface area contributed by atoms with Gasteiger partial charge in [0.05, 0.1) is 4.90 Å². The van der Waals surface area contributed by atoms with Crippen LogP contribution in [0.3, 0.4) is 0 Å². The van der Waals surface area contributed by atoms with Gasteiger partial charge in [0.2, 0.25) is 15.9 Å². The molecule has 5 nitrogen and oxygen atoms in total. The van der Waals surface area contributed by atoms with Crippen molar-refractivity contribution in [3.8, 4) is 0 Å². The first kappa shape index (κ1) is 17.0. The maximum Gasteiger partial charge on any atom is 0.243 e. The molecule has 0 saturated carbocycles. The van der Waals surface area contributed by atoms with Crippen molar-refractivity contribution in [3.63, 3.8) is 0 Å². The Bertz CT molecular complexity index is 591. The van der Waals surface area contributed by atoms with E-state index in [1.807, 2.05) is 0 Å². The molecule has 1 aromatic rings. The molecule has 0 spiro atoms. The number of hydrogen-bond acceptors (Lipinski definition) is 3. The summed E-state index contributed by atoms with van der Waals surface area (Å²) in [6.07, 6.45) is 1.16. The molecule has 0 aliphatic carbocycles. The largest absolute Gasteiger partial charge is 0.356 e. The fraction of sp³-hybridized carbons (Fsp3) is 0.562. The molecule has 0 bridgehead atoms. The van der Waals surface area contributed by atoms with Gasteiger partial charge in [-0.2, -0.15) is 4.31 Å². The predicted molar refractivity (Wildman–Crippen MR) is 85.8 cm³/mol. The zero-order valence-corrected chi connectivity index (χ0v) is 14.0. The van der Waals surface area contributed by atoms with E-state index in [1.165, 1.54) is 4.31 Å². The molecule has 1 N–H and O–H groups in total. The van der Waals surface area contributed by atoms with E-state index < -0.39 is 10.0 Å². The lowest BCUT2D eigenvalue weighted by Gasteiger charge is -2.30. The highest BCUT2D eigenvalue weighted by Crippen LogP contribution is 2.23. The molecule has 1 aliphatic rings. The van der Waals surface area contributed by atoms with Crippen molar-refractivity contribution in [1.82, 2.24) is 9.62 Å². The van der Waals surface area contributed by atoms with Gasteiger partial charge >= 0.3 is 0 Å². The fourth-order valence-corrected chi connectivity index (χ4v) is 4.04. The standard InChI is InChI=1S/C16H24N2O3S/c1-13(2)12-17-16(19)14-8-10-18(11-9-14)22(20,21)15-6-4-3-5-7-15/h3-7,13-14H,8-12H2,1-2H3,(H,17,19). The summed E-state index contributed by atoms with van der Waals surface area (Å²) < 4.78 is 26.5. The minimum Gasteiger partial charge on any atom is -0.356 e. The summed E-state index contributed by atoms with van der Waals surface area (Å²) in [5.41, 5.74) is 0. The summed E-state index contributed by atoms with van der Waals surface area (Å²) in [5.74, 6) is 0.383. The van der Waals surface area contributed by atoms with Crippen LogP contribution in [0, 0.1) is 11.8 Å². The molecular weight excluding hydrogens is 300 g/mol. The Morgan fingerprint density at radius 3 is 2.36 bits per heavy atom. The second-order valence-corrected chi connectivity index (χ2v) is 8.07. The molecule has 122 valence electrons. The Balaban J connectivity index is 1.93. The average molecular weight is 324 g/mol. The monoisotopic (exact) mass is 324 g/mol. The van der Waals surface area contributed by atoms with Gasteiger partial charge in [-0.05, 0) is 30.9 Å². The molecule has 22 heavy (non-hydrogen) atoms. The number of amides is 1. The van der Waals surface area contributed by atoms with Gasteiger partial charge in [-0.15, -0.1) is 0 Å². The molecule has 1 aliphatic heterocycles. The van der Waals surface area contributed by atoms with Crippen LogP contribution in [0.2, 0.25) is 0 Å². The van der Waals surface area contributed by atoms with E-state index >= 15 is 0 Å². The molecule has 0 atom stereocenters. The lowest BCUT2D eigenvalue weighted by atomic mass is 9.97. The van der Waals surface area contributed by atoms with E-state index in [-0.39, 0.29) is 11.8 Å². The third-order valence-electron chi connectivity index (χ3n) is 3.89. The van der Waals surface area contributed by atoms with E-state index in [0.717, 1.165) is 0 Å². The van der Waals surface area contributed by atoms with Crippen molar-refractivity contribution in [2.75, 3.05) is 19.6 Å². The maximum atomic E-state index is 12.5. The molecule has 1 fully saturated rings. The van der Waals surface area contributed by atoms with Gasteiger partial charge in [-0.1, -0.05) is 32.0 Å². The Labute approximate surface area is 132 Å². The SMILES string of the molecule is CC(C)CNC(=O)C1CCN(S(=O)(=O)c2ccccc2)CC1. The first-order valence-corrected chi connectivity index (χ1v) is 9.18. The van der Waals surface area contributed by atoms with Gasteiger partial charge in [0, 0.05) is 25.6 Å². The van der Waals surface area contributed by atoms with E-state index in [9.17, 15) is 13.2 Å². The number of nitrogens with one attached hydrogen (secondary N) is 1. The number of piperidine rings is 1.